The largest absolute Gasteiger partial charge is 0.329 e. The molecule has 0 aliphatic heterocycles. The van der Waals surface area contributed by atoms with Crippen molar-refractivity contribution in [3.05, 3.63) is 35.4 Å². The summed E-state index contributed by atoms with van der Waals surface area (Å²) in [4.78, 5) is 0. The first-order valence-electron chi connectivity index (χ1n) is 4.83. The summed E-state index contributed by atoms with van der Waals surface area (Å²) >= 11 is 0. The SMILES string of the molecule is CC(C)(CN)NCc1ccc(F)c(F)c1. The number of hydrogen-bond donors (Lipinski definition) is 2. The van der Waals surface area contributed by atoms with Gasteiger partial charge in [0.1, 0.15) is 0 Å². The molecule has 0 saturated heterocycles. The molecule has 0 fully saturated rings. The van der Waals surface area contributed by atoms with Gasteiger partial charge in [-0.2, -0.15) is 0 Å². The molecule has 2 nitrogen and oxygen atoms in total. The summed E-state index contributed by atoms with van der Waals surface area (Å²) in [5, 5.41) is 3.16. The fraction of sp³-hybridized carbons (Fsp3) is 0.455. The Balaban J connectivity index is 2.62. The molecule has 0 aliphatic carbocycles. The van der Waals surface area contributed by atoms with E-state index in [1.807, 2.05) is 13.8 Å². The quantitative estimate of drug-likeness (QED) is 0.802. The molecule has 0 atom stereocenters. The van der Waals surface area contributed by atoms with E-state index in [0.29, 0.717) is 18.7 Å². The van der Waals surface area contributed by atoms with Crippen LogP contribution in [0.4, 0.5) is 8.78 Å². The molecule has 0 heterocycles. The van der Waals surface area contributed by atoms with Crippen molar-refractivity contribution < 1.29 is 8.78 Å². The van der Waals surface area contributed by atoms with Crippen molar-refractivity contribution in [3.63, 3.8) is 0 Å². The van der Waals surface area contributed by atoms with Gasteiger partial charge in [-0.1, -0.05) is 6.07 Å². The van der Waals surface area contributed by atoms with Gasteiger partial charge >= 0.3 is 0 Å². The minimum Gasteiger partial charge on any atom is -0.329 e. The molecule has 4 heteroatoms. The Morgan fingerprint density at radius 3 is 2.47 bits per heavy atom. The molecule has 84 valence electrons. The fourth-order valence-electron chi connectivity index (χ4n) is 1.06. The van der Waals surface area contributed by atoms with Gasteiger partial charge in [0.2, 0.25) is 0 Å². The fourth-order valence-corrected chi connectivity index (χ4v) is 1.06. The van der Waals surface area contributed by atoms with Crippen LogP contribution in [0.15, 0.2) is 18.2 Å². The van der Waals surface area contributed by atoms with Gasteiger partial charge in [-0.3, -0.25) is 0 Å². The van der Waals surface area contributed by atoms with E-state index in [1.165, 1.54) is 6.07 Å². The standard InChI is InChI=1S/C11H16F2N2/c1-11(2,7-14)15-6-8-3-4-9(12)10(13)5-8/h3-5,15H,6-7,14H2,1-2H3. The Kier molecular flexibility index (Phi) is 3.77. The molecule has 0 aromatic heterocycles. The molecule has 1 rings (SSSR count). The van der Waals surface area contributed by atoms with E-state index in [-0.39, 0.29) is 5.54 Å². The zero-order valence-corrected chi connectivity index (χ0v) is 8.98. The second-order valence-electron chi connectivity index (χ2n) is 4.19. The average molecular weight is 214 g/mol. The molecule has 0 saturated carbocycles. The van der Waals surface area contributed by atoms with Gasteiger partial charge in [-0.05, 0) is 31.5 Å². The van der Waals surface area contributed by atoms with Gasteiger partial charge in [0.05, 0.1) is 0 Å². The normalized spacial score (nSPS) is 11.8. The summed E-state index contributed by atoms with van der Waals surface area (Å²) in [6.45, 7) is 4.86. The third kappa shape index (κ3) is 3.57. The maximum Gasteiger partial charge on any atom is 0.159 e. The minimum absolute atomic E-state index is 0.204. The van der Waals surface area contributed by atoms with Gasteiger partial charge in [-0.25, -0.2) is 8.78 Å². The maximum absolute atomic E-state index is 12.9. The second-order valence-corrected chi connectivity index (χ2v) is 4.19. The second kappa shape index (κ2) is 4.68. The van der Waals surface area contributed by atoms with Crippen LogP contribution in [0.2, 0.25) is 0 Å². The Labute approximate surface area is 88.5 Å². The molecule has 0 bridgehead atoms. The third-order valence-corrected chi connectivity index (χ3v) is 2.27. The molecule has 1 aromatic carbocycles. The van der Waals surface area contributed by atoms with Crippen molar-refractivity contribution in [2.24, 2.45) is 5.73 Å². The summed E-state index contributed by atoms with van der Waals surface area (Å²) in [5.74, 6) is -1.64. The van der Waals surface area contributed by atoms with Crippen molar-refractivity contribution in [2.75, 3.05) is 6.54 Å². The highest BCUT2D eigenvalue weighted by atomic mass is 19.2. The molecule has 0 unspecified atom stereocenters. The van der Waals surface area contributed by atoms with Crippen LogP contribution in [-0.4, -0.2) is 12.1 Å². The van der Waals surface area contributed by atoms with E-state index in [0.717, 1.165) is 6.07 Å². The molecule has 0 spiro atoms. The van der Waals surface area contributed by atoms with Gasteiger partial charge in [-0.15, -0.1) is 0 Å². The van der Waals surface area contributed by atoms with Crippen molar-refractivity contribution in [1.29, 1.82) is 0 Å². The predicted molar refractivity (Wildman–Crippen MR) is 56.3 cm³/mol. The lowest BCUT2D eigenvalue weighted by Gasteiger charge is -2.24. The lowest BCUT2D eigenvalue weighted by molar-refractivity contribution is 0.395. The van der Waals surface area contributed by atoms with Crippen LogP contribution in [0.1, 0.15) is 19.4 Å². The van der Waals surface area contributed by atoms with Crippen molar-refractivity contribution in [3.8, 4) is 0 Å². The van der Waals surface area contributed by atoms with E-state index in [1.54, 1.807) is 6.07 Å². The zero-order chi connectivity index (χ0) is 11.5. The summed E-state index contributed by atoms with van der Waals surface area (Å²) in [7, 11) is 0. The van der Waals surface area contributed by atoms with Crippen LogP contribution in [-0.2, 0) is 6.54 Å². The van der Waals surface area contributed by atoms with Crippen LogP contribution in [0.3, 0.4) is 0 Å². The van der Waals surface area contributed by atoms with E-state index in [9.17, 15) is 8.78 Å². The highest BCUT2D eigenvalue weighted by molar-refractivity contribution is 5.17. The van der Waals surface area contributed by atoms with E-state index >= 15 is 0 Å². The zero-order valence-electron chi connectivity index (χ0n) is 8.98. The highest BCUT2D eigenvalue weighted by Crippen LogP contribution is 2.09. The summed E-state index contributed by atoms with van der Waals surface area (Å²) in [6, 6.07) is 3.87. The monoisotopic (exact) mass is 214 g/mol. The predicted octanol–water partition coefficient (Wildman–Crippen LogP) is 1.79. The number of hydrogen-bond acceptors (Lipinski definition) is 2. The lowest BCUT2D eigenvalue weighted by atomic mass is 10.1. The first kappa shape index (κ1) is 12.1. The van der Waals surface area contributed by atoms with Gasteiger partial charge in [0.25, 0.3) is 0 Å². The highest BCUT2D eigenvalue weighted by Gasteiger charge is 2.14. The molecule has 15 heavy (non-hydrogen) atoms. The van der Waals surface area contributed by atoms with Crippen LogP contribution in [0, 0.1) is 11.6 Å². The smallest absolute Gasteiger partial charge is 0.159 e. The summed E-state index contributed by atoms with van der Waals surface area (Å²) in [5.41, 5.74) is 6.03. The lowest BCUT2D eigenvalue weighted by Crippen LogP contribution is -2.45. The van der Waals surface area contributed by atoms with Crippen molar-refractivity contribution in [1.82, 2.24) is 5.32 Å². The first-order chi connectivity index (χ1) is 6.94. The van der Waals surface area contributed by atoms with Gasteiger partial charge in [0.15, 0.2) is 11.6 Å². The number of halogens is 2. The molecular formula is C11H16F2N2. The number of nitrogens with two attached hydrogens (primary N) is 1. The molecule has 0 radical (unpaired) electrons. The molecule has 1 aromatic rings. The average Bonchev–Trinajstić information content (AvgIpc) is 2.20. The summed E-state index contributed by atoms with van der Waals surface area (Å²) < 4.78 is 25.5. The van der Waals surface area contributed by atoms with Gasteiger partial charge < -0.3 is 11.1 Å². The summed E-state index contributed by atoms with van der Waals surface area (Å²) in [6.07, 6.45) is 0. The Morgan fingerprint density at radius 2 is 1.93 bits per heavy atom. The van der Waals surface area contributed by atoms with E-state index < -0.39 is 11.6 Å². The number of rotatable bonds is 4. The van der Waals surface area contributed by atoms with Gasteiger partial charge in [0, 0.05) is 18.6 Å². The Hall–Kier alpha value is -1.00. The van der Waals surface area contributed by atoms with E-state index in [2.05, 4.69) is 5.32 Å². The Bertz CT molecular complexity index is 337. The van der Waals surface area contributed by atoms with Crippen LogP contribution in [0.25, 0.3) is 0 Å². The molecule has 0 amide bonds. The van der Waals surface area contributed by atoms with Crippen LogP contribution < -0.4 is 11.1 Å². The minimum atomic E-state index is -0.822. The van der Waals surface area contributed by atoms with Crippen LogP contribution in [0.5, 0.6) is 0 Å². The van der Waals surface area contributed by atoms with E-state index in [4.69, 9.17) is 5.73 Å². The maximum atomic E-state index is 12.9. The third-order valence-electron chi connectivity index (χ3n) is 2.27. The van der Waals surface area contributed by atoms with Crippen molar-refractivity contribution >= 4 is 0 Å². The first-order valence-corrected chi connectivity index (χ1v) is 4.83. The Morgan fingerprint density at radius 1 is 1.27 bits per heavy atom. The van der Waals surface area contributed by atoms with Crippen LogP contribution >= 0.6 is 0 Å². The van der Waals surface area contributed by atoms with Crippen molar-refractivity contribution in [2.45, 2.75) is 25.9 Å². The molecule has 3 N–H and O–H groups in total. The molecule has 0 aliphatic rings. The topological polar surface area (TPSA) is 38.0 Å². The number of benzene rings is 1. The molecular weight excluding hydrogens is 198 g/mol. The number of nitrogens with one attached hydrogen (secondary N) is 1.